The molecule has 0 aliphatic carbocycles. The molecule has 3 heteroatoms. The van der Waals surface area contributed by atoms with E-state index in [-0.39, 0.29) is 5.75 Å². The summed E-state index contributed by atoms with van der Waals surface area (Å²) in [5, 5.41) is 0. The average Bonchev–Trinajstić information content (AvgIpc) is 2.05. The van der Waals surface area contributed by atoms with Crippen LogP contribution in [-0.2, 0) is 0 Å². The number of halogens is 1. The maximum absolute atomic E-state index is 12.7. The quantitative estimate of drug-likeness (QED) is 0.604. The van der Waals surface area contributed by atoms with E-state index in [0.29, 0.717) is 11.8 Å². The van der Waals surface area contributed by atoms with Gasteiger partial charge in [0.25, 0.3) is 0 Å². The summed E-state index contributed by atoms with van der Waals surface area (Å²) in [6, 6.07) is 3.94. The van der Waals surface area contributed by atoms with E-state index >= 15 is 0 Å². The Balaban J connectivity index is 3.12. The topological polar surface area (TPSA) is 26.3 Å². The molecule has 0 unspecified atom stereocenters. The van der Waals surface area contributed by atoms with Crippen LogP contribution in [0.3, 0.4) is 0 Å². The minimum absolute atomic E-state index is 0.0922. The standard InChI is InChI=1S/C8H7FO2/c1-11-8-4-6(5-10)2-3-7(8)9/h2-5H,1H3/i9-1. The molecule has 0 bridgehead atoms. The lowest BCUT2D eigenvalue weighted by molar-refractivity contribution is 0.112. The van der Waals surface area contributed by atoms with E-state index in [4.69, 9.17) is 0 Å². The van der Waals surface area contributed by atoms with Crippen molar-refractivity contribution in [3.63, 3.8) is 0 Å². The van der Waals surface area contributed by atoms with Crippen LogP contribution < -0.4 is 4.74 Å². The minimum Gasteiger partial charge on any atom is -0.494 e. The number of benzene rings is 1. The molecule has 0 amide bonds. The van der Waals surface area contributed by atoms with E-state index in [0.717, 1.165) is 0 Å². The van der Waals surface area contributed by atoms with E-state index in [1.165, 1.54) is 25.3 Å². The normalized spacial score (nSPS) is 9.27. The van der Waals surface area contributed by atoms with Gasteiger partial charge in [0.15, 0.2) is 11.6 Å². The number of aldehydes is 1. The Morgan fingerprint density at radius 3 is 2.82 bits per heavy atom. The third kappa shape index (κ3) is 1.55. The summed E-state index contributed by atoms with van der Waals surface area (Å²) in [4.78, 5) is 10.2. The number of hydrogen-bond donors (Lipinski definition) is 0. The van der Waals surface area contributed by atoms with E-state index in [1.54, 1.807) is 0 Å². The zero-order valence-electron chi connectivity index (χ0n) is 6.00. The molecule has 0 saturated carbocycles. The highest BCUT2D eigenvalue weighted by molar-refractivity contribution is 5.75. The maximum atomic E-state index is 12.7. The highest BCUT2D eigenvalue weighted by Gasteiger charge is 2.01. The molecule has 0 saturated heterocycles. The van der Waals surface area contributed by atoms with Gasteiger partial charge in [-0.05, 0) is 18.2 Å². The molecule has 0 atom stereocenters. The Hall–Kier alpha value is -1.38. The maximum Gasteiger partial charge on any atom is 0.165 e. The second kappa shape index (κ2) is 3.14. The van der Waals surface area contributed by atoms with Gasteiger partial charge in [-0.15, -0.1) is 0 Å². The van der Waals surface area contributed by atoms with Gasteiger partial charge in [0.2, 0.25) is 0 Å². The third-order valence-corrected chi connectivity index (χ3v) is 1.31. The lowest BCUT2D eigenvalue weighted by atomic mass is 10.2. The molecule has 0 aliphatic rings. The fourth-order valence-electron chi connectivity index (χ4n) is 0.750. The SMILES string of the molecule is COc1cc(C=O)ccc1[18F]. The number of ether oxygens (including phenoxy) is 1. The molecular formula is C8H7FO2. The predicted molar refractivity (Wildman–Crippen MR) is 38.3 cm³/mol. The molecule has 0 radical (unpaired) electrons. The molecule has 0 N–H and O–H groups in total. The molecule has 1 aromatic carbocycles. The zero-order valence-corrected chi connectivity index (χ0v) is 6.00. The smallest absolute Gasteiger partial charge is 0.165 e. The van der Waals surface area contributed by atoms with Crippen LogP contribution in [0.5, 0.6) is 5.75 Å². The summed E-state index contributed by atoms with van der Waals surface area (Å²) < 4.78 is 17.3. The van der Waals surface area contributed by atoms with Gasteiger partial charge in [0, 0.05) is 5.56 Å². The summed E-state index contributed by atoms with van der Waals surface area (Å²) in [6.45, 7) is 0. The van der Waals surface area contributed by atoms with Crippen LogP contribution >= 0.6 is 0 Å². The van der Waals surface area contributed by atoms with Gasteiger partial charge in [-0.2, -0.15) is 0 Å². The highest BCUT2D eigenvalue weighted by atomic mass is 18.2. The lowest BCUT2D eigenvalue weighted by Gasteiger charge is -2.00. The molecule has 11 heavy (non-hydrogen) atoms. The monoisotopic (exact) mass is 153 g/mol. The molecule has 0 aliphatic heterocycles. The number of carbonyl (C=O) groups excluding carboxylic acids is 1. The van der Waals surface area contributed by atoms with Gasteiger partial charge in [-0.1, -0.05) is 0 Å². The lowest BCUT2D eigenvalue weighted by Crippen LogP contribution is -1.89. The molecule has 1 aromatic rings. The van der Waals surface area contributed by atoms with Crippen molar-refractivity contribution in [2.24, 2.45) is 0 Å². The van der Waals surface area contributed by atoms with Gasteiger partial charge in [0.1, 0.15) is 6.29 Å². The fraction of sp³-hybridized carbons (Fsp3) is 0.125. The van der Waals surface area contributed by atoms with E-state index < -0.39 is 5.82 Å². The highest BCUT2D eigenvalue weighted by Crippen LogP contribution is 2.16. The van der Waals surface area contributed by atoms with Crippen molar-refractivity contribution in [2.75, 3.05) is 7.11 Å². The number of rotatable bonds is 2. The van der Waals surface area contributed by atoms with Crippen molar-refractivity contribution in [1.29, 1.82) is 0 Å². The van der Waals surface area contributed by atoms with Crippen LogP contribution in [0.4, 0.5) is 4.39 Å². The summed E-state index contributed by atoms with van der Waals surface area (Å²) >= 11 is 0. The third-order valence-electron chi connectivity index (χ3n) is 1.31. The Labute approximate surface area is 63.6 Å². The largest absolute Gasteiger partial charge is 0.494 e. The van der Waals surface area contributed by atoms with E-state index in [1.807, 2.05) is 0 Å². The van der Waals surface area contributed by atoms with Crippen molar-refractivity contribution < 1.29 is 13.9 Å². The van der Waals surface area contributed by atoms with Crippen LogP contribution in [0.25, 0.3) is 0 Å². The first-order valence-corrected chi connectivity index (χ1v) is 3.06. The molecule has 0 fully saturated rings. The molecule has 58 valence electrons. The van der Waals surface area contributed by atoms with Crippen LogP contribution in [0.2, 0.25) is 0 Å². The second-order valence-electron chi connectivity index (χ2n) is 2.01. The van der Waals surface area contributed by atoms with Crippen LogP contribution in [0.1, 0.15) is 10.4 Å². The van der Waals surface area contributed by atoms with Crippen LogP contribution in [0, 0.1) is 5.82 Å². The first kappa shape index (κ1) is 7.72. The van der Waals surface area contributed by atoms with Crippen LogP contribution in [0.15, 0.2) is 18.2 Å². The Morgan fingerprint density at radius 1 is 1.55 bits per heavy atom. The van der Waals surface area contributed by atoms with Crippen molar-refractivity contribution in [3.8, 4) is 5.75 Å². The molecule has 0 spiro atoms. The number of carbonyl (C=O) groups is 1. The Morgan fingerprint density at radius 2 is 2.27 bits per heavy atom. The fourth-order valence-corrected chi connectivity index (χ4v) is 0.750. The van der Waals surface area contributed by atoms with Crippen LogP contribution in [-0.4, -0.2) is 13.4 Å². The van der Waals surface area contributed by atoms with Gasteiger partial charge in [-0.3, -0.25) is 4.79 Å². The van der Waals surface area contributed by atoms with Gasteiger partial charge < -0.3 is 4.74 Å². The van der Waals surface area contributed by atoms with Crippen molar-refractivity contribution in [3.05, 3.63) is 29.6 Å². The van der Waals surface area contributed by atoms with Gasteiger partial charge in [-0.25, -0.2) is 4.39 Å². The molecule has 1 rings (SSSR count). The summed E-state index contributed by atoms with van der Waals surface area (Å²) in [5.74, 6) is -0.368. The van der Waals surface area contributed by atoms with Crippen molar-refractivity contribution in [2.45, 2.75) is 0 Å². The van der Waals surface area contributed by atoms with Gasteiger partial charge in [0.05, 0.1) is 7.11 Å². The number of methoxy groups -OCH3 is 1. The van der Waals surface area contributed by atoms with E-state index in [9.17, 15) is 9.18 Å². The second-order valence-corrected chi connectivity index (χ2v) is 2.01. The zero-order chi connectivity index (χ0) is 8.27. The van der Waals surface area contributed by atoms with E-state index in [2.05, 4.69) is 4.74 Å². The summed E-state index contributed by atoms with van der Waals surface area (Å²) in [6.07, 6.45) is 0.641. The van der Waals surface area contributed by atoms with Gasteiger partial charge >= 0.3 is 0 Å². The predicted octanol–water partition coefficient (Wildman–Crippen LogP) is 1.65. The Kier molecular flexibility index (Phi) is 2.21. The van der Waals surface area contributed by atoms with Crippen molar-refractivity contribution >= 4 is 6.29 Å². The van der Waals surface area contributed by atoms with Crippen molar-refractivity contribution in [1.82, 2.24) is 0 Å². The molecule has 2 nitrogen and oxygen atoms in total. The Bertz CT molecular complexity index is 271. The summed E-state index contributed by atoms with van der Waals surface area (Å²) in [7, 11) is 1.35. The molecular weight excluding hydrogens is 146 g/mol. The molecule has 0 heterocycles. The summed E-state index contributed by atoms with van der Waals surface area (Å²) in [5.41, 5.74) is 0.406. The first-order chi connectivity index (χ1) is 5.27. The minimum atomic E-state index is -0.460. The molecule has 0 aromatic heterocycles. The average molecular weight is 153 g/mol. The first-order valence-electron chi connectivity index (χ1n) is 3.06. The number of hydrogen-bond acceptors (Lipinski definition) is 2.